The van der Waals surface area contributed by atoms with Crippen LogP contribution < -0.4 is 5.32 Å². The van der Waals surface area contributed by atoms with Crippen molar-refractivity contribution in [2.75, 3.05) is 6.54 Å². The van der Waals surface area contributed by atoms with Crippen LogP contribution in [0.15, 0.2) is 0 Å². The fourth-order valence-electron chi connectivity index (χ4n) is 3.65. The molecule has 0 aliphatic heterocycles. The van der Waals surface area contributed by atoms with Crippen molar-refractivity contribution in [2.45, 2.75) is 65.3 Å². The smallest absolute Gasteiger partial charge is 0.00953 e. The van der Waals surface area contributed by atoms with Gasteiger partial charge in [0.05, 0.1) is 0 Å². The Morgan fingerprint density at radius 3 is 2.25 bits per heavy atom. The van der Waals surface area contributed by atoms with Gasteiger partial charge in [0.15, 0.2) is 0 Å². The van der Waals surface area contributed by atoms with Crippen LogP contribution in [-0.2, 0) is 0 Å². The van der Waals surface area contributed by atoms with Crippen LogP contribution in [0.2, 0.25) is 0 Å². The summed E-state index contributed by atoms with van der Waals surface area (Å²) in [6, 6.07) is 0.805. The van der Waals surface area contributed by atoms with Crippen molar-refractivity contribution in [1.82, 2.24) is 5.32 Å². The summed E-state index contributed by atoms with van der Waals surface area (Å²) in [7, 11) is 0. The average molecular weight is 223 g/mol. The maximum absolute atomic E-state index is 3.86. The largest absolute Gasteiger partial charge is 0.313 e. The first-order chi connectivity index (χ1) is 7.65. The molecule has 0 spiro atoms. The second kappa shape index (κ2) is 5.53. The van der Waals surface area contributed by atoms with Crippen LogP contribution in [0.5, 0.6) is 0 Å². The van der Waals surface area contributed by atoms with E-state index in [1.54, 1.807) is 0 Å². The summed E-state index contributed by atoms with van der Waals surface area (Å²) in [5.41, 5.74) is 0. The number of nitrogens with one attached hydrogen (secondary N) is 1. The summed E-state index contributed by atoms with van der Waals surface area (Å²) in [5, 5.41) is 3.86. The molecule has 0 aromatic carbocycles. The van der Waals surface area contributed by atoms with Crippen LogP contribution in [0.3, 0.4) is 0 Å². The third-order valence-corrected chi connectivity index (χ3v) is 4.93. The van der Waals surface area contributed by atoms with Crippen LogP contribution in [0.1, 0.15) is 59.3 Å². The van der Waals surface area contributed by atoms with Crippen molar-refractivity contribution in [3.05, 3.63) is 0 Å². The summed E-state index contributed by atoms with van der Waals surface area (Å²) in [6.45, 7) is 8.54. The summed E-state index contributed by atoms with van der Waals surface area (Å²) in [5.74, 6) is 3.79. The quantitative estimate of drug-likeness (QED) is 0.766. The van der Waals surface area contributed by atoms with Gasteiger partial charge in [-0.15, -0.1) is 0 Å². The molecule has 0 radical (unpaired) electrons. The molecule has 0 aromatic heterocycles. The minimum absolute atomic E-state index is 0.805. The Labute approximate surface area is 101 Å². The highest BCUT2D eigenvalue weighted by Gasteiger charge is 2.27. The maximum atomic E-state index is 3.86. The van der Waals surface area contributed by atoms with Crippen molar-refractivity contribution >= 4 is 0 Å². The van der Waals surface area contributed by atoms with Gasteiger partial charge in [0.25, 0.3) is 0 Å². The van der Waals surface area contributed by atoms with E-state index >= 15 is 0 Å². The summed E-state index contributed by atoms with van der Waals surface area (Å²) >= 11 is 0. The fourth-order valence-corrected chi connectivity index (χ4v) is 3.65. The molecule has 0 heterocycles. The average Bonchev–Trinajstić information content (AvgIpc) is 2.66. The molecule has 1 heteroatoms. The van der Waals surface area contributed by atoms with E-state index < -0.39 is 0 Å². The maximum Gasteiger partial charge on any atom is 0.00953 e. The standard InChI is InChI=1S/C15H29N/c1-11-5-7-14(8-11)10-16-15-9-12(2)4-6-13(15)3/h11-16H,4-10H2,1-3H3. The zero-order valence-corrected chi connectivity index (χ0v) is 11.3. The van der Waals surface area contributed by atoms with Crippen LogP contribution in [0, 0.1) is 23.7 Å². The second-order valence-corrected chi connectivity index (χ2v) is 6.69. The van der Waals surface area contributed by atoms with Crippen LogP contribution in [-0.4, -0.2) is 12.6 Å². The topological polar surface area (TPSA) is 12.0 Å². The Bertz CT molecular complexity index is 213. The van der Waals surface area contributed by atoms with Crippen LogP contribution >= 0.6 is 0 Å². The van der Waals surface area contributed by atoms with E-state index in [1.165, 1.54) is 45.1 Å². The lowest BCUT2D eigenvalue weighted by Gasteiger charge is -2.34. The SMILES string of the molecule is CC1CCC(CNC2CC(C)CCC2C)C1. The highest BCUT2D eigenvalue weighted by atomic mass is 14.9. The number of hydrogen-bond acceptors (Lipinski definition) is 1. The zero-order valence-electron chi connectivity index (χ0n) is 11.3. The van der Waals surface area contributed by atoms with E-state index in [2.05, 4.69) is 26.1 Å². The molecule has 2 saturated carbocycles. The van der Waals surface area contributed by atoms with E-state index in [0.717, 1.165) is 29.7 Å². The van der Waals surface area contributed by atoms with Gasteiger partial charge in [0.1, 0.15) is 0 Å². The first-order valence-electron chi connectivity index (χ1n) is 7.38. The van der Waals surface area contributed by atoms with Crippen molar-refractivity contribution in [2.24, 2.45) is 23.7 Å². The van der Waals surface area contributed by atoms with E-state index in [-0.39, 0.29) is 0 Å². The van der Waals surface area contributed by atoms with Gasteiger partial charge in [-0.2, -0.15) is 0 Å². The predicted octanol–water partition coefficient (Wildman–Crippen LogP) is 3.84. The van der Waals surface area contributed by atoms with Crippen molar-refractivity contribution < 1.29 is 0 Å². The normalized spacial score (nSPS) is 44.8. The fraction of sp³-hybridized carbons (Fsp3) is 1.00. The van der Waals surface area contributed by atoms with E-state index in [0.29, 0.717) is 0 Å². The van der Waals surface area contributed by atoms with Crippen LogP contribution in [0.25, 0.3) is 0 Å². The van der Waals surface area contributed by atoms with Crippen molar-refractivity contribution in [3.63, 3.8) is 0 Å². The van der Waals surface area contributed by atoms with Gasteiger partial charge in [0, 0.05) is 6.04 Å². The molecule has 5 unspecified atom stereocenters. The molecule has 0 aromatic rings. The molecule has 16 heavy (non-hydrogen) atoms. The van der Waals surface area contributed by atoms with Gasteiger partial charge in [-0.1, -0.05) is 33.6 Å². The Morgan fingerprint density at radius 2 is 1.56 bits per heavy atom. The molecular formula is C15H29N. The third kappa shape index (κ3) is 3.23. The molecular weight excluding hydrogens is 194 g/mol. The minimum Gasteiger partial charge on any atom is -0.313 e. The second-order valence-electron chi connectivity index (χ2n) is 6.69. The third-order valence-electron chi connectivity index (χ3n) is 4.93. The molecule has 1 nitrogen and oxygen atoms in total. The monoisotopic (exact) mass is 223 g/mol. The Hall–Kier alpha value is -0.0400. The predicted molar refractivity (Wildman–Crippen MR) is 70.5 cm³/mol. The first kappa shape index (κ1) is 12.4. The van der Waals surface area contributed by atoms with E-state index in [1.807, 2.05) is 0 Å². The van der Waals surface area contributed by atoms with Gasteiger partial charge in [-0.25, -0.2) is 0 Å². The lowest BCUT2D eigenvalue weighted by atomic mass is 9.80. The lowest BCUT2D eigenvalue weighted by molar-refractivity contribution is 0.221. The summed E-state index contributed by atoms with van der Waals surface area (Å²) < 4.78 is 0. The minimum atomic E-state index is 0.805. The number of rotatable bonds is 3. The molecule has 1 N–H and O–H groups in total. The highest BCUT2D eigenvalue weighted by Crippen LogP contribution is 2.31. The van der Waals surface area contributed by atoms with E-state index in [9.17, 15) is 0 Å². The van der Waals surface area contributed by atoms with Gasteiger partial charge >= 0.3 is 0 Å². The molecule has 0 bridgehead atoms. The molecule has 5 atom stereocenters. The molecule has 0 saturated heterocycles. The van der Waals surface area contributed by atoms with Gasteiger partial charge in [0.2, 0.25) is 0 Å². The van der Waals surface area contributed by atoms with Gasteiger partial charge in [-0.3, -0.25) is 0 Å². The summed E-state index contributed by atoms with van der Waals surface area (Å²) in [4.78, 5) is 0. The van der Waals surface area contributed by atoms with Gasteiger partial charge in [-0.05, 0) is 55.9 Å². The highest BCUT2D eigenvalue weighted by molar-refractivity contribution is 4.83. The molecule has 94 valence electrons. The zero-order chi connectivity index (χ0) is 11.5. The Morgan fingerprint density at radius 1 is 0.875 bits per heavy atom. The van der Waals surface area contributed by atoms with Gasteiger partial charge < -0.3 is 5.32 Å². The molecule has 2 aliphatic carbocycles. The Kier molecular flexibility index (Phi) is 4.29. The molecule has 2 rings (SSSR count). The number of hydrogen-bond donors (Lipinski definition) is 1. The van der Waals surface area contributed by atoms with E-state index in [4.69, 9.17) is 0 Å². The van der Waals surface area contributed by atoms with Crippen LogP contribution in [0.4, 0.5) is 0 Å². The lowest BCUT2D eigenvalue weighted by Crippen LogP contribution is -2.41. The Balaban J connectivity index is 1.72. The van der Waals surface area contributed by atoms with Crippen molar-refractivity contribution in [1.29, 1.82) is 0 Å². The first-order valence-corrected chi connectivity index (χ1v) is 7.38. The van der Waals surface area contributed by atoms with Crippen molar-refractivity contribution in [3.8, 4) is 0 Å². The molecule has 2 aliphatic rings. The summed E-state index contributed by atoms with van der Waals surface area (Å²) in [6.07, 6.45) is 8.67. The molecule has 0 amide bonds. The molecule has 2 fully saturated rings.